The lowest BCUT2D eigenvalue weighted by Gasteiger charge is -2.25. The van der Waals surface area contributed by atoms with E-state index in [0.717, 1.165) is 91.4 Å². The van der Waals surface area contributed by atoms with Gasteiger partial charge in [-0.25, -0.2) is 4.98 Å². The van der Waals surface area contributed by atoms with Gasteiger partial charge >= 0.3 is 0 Å². The summed E-state index contributed by atoms with van der Waals surface area (Å²) in [5.74, 6) is 2.81. The number of hydrogen-bond donors (Lipinski definition) is 1. The molecule has 0 atom stereocenters. The van der Waals surface area contributed by atoms with E-state index < -0.39 is 0 Å². The number of hydrogen-bond acceptors (Lipinski definition) is 5. The maximum absolute atomic E-state index is 13.9. The lowest BCUT2D eigenvalue weighted by atomic mass is 10.1. The van der Waals surface area contributed by atoms with Gasteiger partial charge in [-0.1, -0.05) is 76.9 Å². The number of anilines is 2. The van der Waals surface area contributed by atoms with Crippen LogP contribution in [0.4, 0.5) is 11.6 Å². The number of rotatable bonds is 17. The summed E-state index contributed by atoms with van der Waals surface area (Å²) in [4.78, 5) is 23.7. The molecule has 2 heterocycles. The number of carbonyl (C=O) groups is 1. The molecule has 0 spiro atoms. The normalized spacial score (nSPS) is 14.0. The van der Waals surface area contributed by atoms with E-state index in [4.69, 9.17) is 9.72 Å². The van der Waals surface area contributed by atoms with Gasteiger partial charge < -0.3 is 24.4 Å². The van der Waals surface area contributed by atoms with Crippen molar-refractivity contribution in [2.24, 2.45) is 11.8 Å². The highest BCUT2D eigenvalue weighted by atomic mass is 16.5. The van der Waals surface area contributed by atoms with Crippen molar-refractivity contribution in [2.45, 2.75) is 92.2 Å². The van der Waals surface area contributed by atoms with E-state index in [0.29, 0.717) is 18.4 Å². The molecule has 0 saturated carbocycles. The van der Waals surface area contributed by atoms with Gasteiger partial charge in [0.15, 0.2) is 0 Å². The van der Waals surface area contributed by atoms with E-state index in [1.807, 2.05) is 48.5 Å². The van der Waals surface area contributed by atoms with Gasteiger partial charge in [0.2, 0.25) is 5.95 Å². The molecule has 1 aliphatic heterocycles. The second kappa shape index (κ2) is 18.1. The molecule has 1 aliphatic rings. The molecule has 1 N–H and O–H groups in total. The van der Waals surface area contributed by atoms with E-state index in [1.165, 1.54) is 38.8 Å². The van der Waals surface area contributed by atoms with E-state index in [2.05, 4.69) is 71.6 Å². The van der Waals surface area contributed by atoms with Gasteiger partial charge in [-0.3, -0.25) is 4.79 Å². The monoisotopic (exact) mass is 653 g/mol. The first-order valence-corrected chi connectivity index (χ1v) is 18.4. The third kappa shape index (κ3) is 10.6. The lowest BCUT2D eigenvalue weighted by molar-refractivity contribution is 0.0741. The molecule has 7 nitrogen and oxygen atoms in total. The summed E-state index contributed by atoms with van der Waals surface area (Å²) in [6, 6.07) is 24.4. The topological polar surface area (TPSA) is 62.6 Å². The van der Waals surface area contributed by atoms with Gasteiger partial charge in [0, 0.05) is 38.4 Å². The van der Waals surface area contributed by atoms with E-state index >= 15 is 0 Å². The maximum Gasteiger partial charge on any atom is 0.253 e. The van der Waals surface area contributed by atoms with Crippen LogP contribution in [0.15, 0.2) is 72.8 Å². The molecule has 0 bridgehead atoms. The number of aromatic nitrogens is 2. The zero-order valence-electron chi connectivity index (χ0n) is 29.8. The van der Waals surface area contributed by atoms with Gasteiger partial charge in [0.05, 0.1) is 11.0 Å². The molecule has 260 valence electrons. The van der Waals surface area contributed by atoms with Crippen LogP contribution in [0.3, 0.4) is 0 Å². The zero-order valence-corrected chi connectivity index (χ0v) is 29.8. The fourth-order valence-electron chi connectivity index (χ4n) is 6.40. The van der Waals surface area contributed by atoms with Gasteiger partial charge in [-0.15, -0.1) is 0 Å². The third-order valence-corrected chi connectivity index (χ3v) is 9.38. The van der Waals surface area contributed by atoms with Gasteiger partial charge in [0.1, 0.15) is 12.4 Å². The molecular formula is C41H59N5O2. The first kappa shape index (κ1) is 35.5. The summed E-state index contributed by atoms with van der Waals surface area (Å²) in [5.41, 5.74) is 4.70. The van der Waals surface area contributed by atoms with Crippen LogP contribution in [0.5, 0.6) is 5.75 Å². The minimum Gasteiger partial charge on any atom is -0.489 e. The molecule has 0 aliphatic carbocycles. The highest BCUT2D eigenvalue weighted by Crippen LogP contribution is 2.27. The number of imidazole rings is 1. The first-order chi connectivity index (χ1) is 23.4. The molecule has 4 aromatic rings. The number of ether oxygens (including phenoxy) is 1. The molecule has 1 saturated heterocycles. The Balaban J connectivity index is 0.00000541. The molecule has 1 aromatic heterocycles. The largest absolute Gasteiger partial charge is 0.489 e. The van der Waals surface area contributed by atoms with Crippen LogP contribution < -0.4 is 10.1 Å². The summed E-state index contributed by atoms with van der Waals surface area (Å²) in [5, 5.41) is 3.60. The van der Waals surface area contributed by atoms with E-state index in [9.17, 15) is 4.79 Å². The average molecular weight is 654 g/mol. The van der Waals surface area contributed by atoms with Gasteiger partial charge in [-0.05, 0) is 106 Å². The Kier molecular flexibility index (Phi) is 13.4. The zero-order chi connectivity index (χ0) is 33.7. The van der Waals surface area contributed by atoms with Crippen LogP contribution in [0.25, 0.3) is 11.0 Å². The van der Waals surface area contributed by atoms with Crippen molar-refractivity contribution in [1.82, 2.24) is 19.4 Å². The van der Waals surface area contributed by atoms with Crippen molar-refractivity contribution < 1.29 is 11.0 Å². The predicted molar refractivity (Wildman–Crippen MR) is 201 cm³/mol. The number of nitrogens with zero attached hydrogens (tertiary/aromatic N) is 4. The summed E-state index contributed by atoms with van der Waals surface area (Å²) < 4.78 is 8.40. The fourth-order valence-corrected chi connectivity index (χ4v) is 6.40. The number of nitrogens with one attached hydrogen (secondary N) is 1. The number of likely N-dealkylation sites (tertiary alicyclic amines) is 1. The maximum atomic E-state index is 13.9. The van der Waals surface area contributed by atoms with Gasteiger partial charge in [0.25, 0.3) is 5.91 Å². The third-order valence-electron chi connectivity index (χ3n) is 9.38. The number of benzene rings is 3. The number of aryl methyl sites for hydroxylation is 1. The Hall–Kier alpha value is -3.84. The van der Waals surface area contributed by atoms with Crippen LogP contribution >= 0.6 is 0 Å². The molecule has 1 amide bonds. The van der Waals surface area contributed by atoms with Crippen molar-refractivity contribution in [3.63, 3.8) is 0 Å². The van der Waals surface area contributed by atoms with Crippen LogP contribution in [-0.4, -0.2) is 58.0 Å². The summed E-state index contributed by atoms with van der Waals surface area (Å²) >= 11 is 0. The Morgan fingerprint density at radius 3 is 2.27 bits per heavy atom. The van der Waals surface area contributed by atoms with E-state index in [-0.39, 0.29) is 7.33 Å². The molecule has 48 heavy (non-hydrogen) atoms. The SMILES string of the molecule is CC(C)CCN(CCC(C)C)C(=O)c1ccc2nc(Nc3cccc(OCc4ccccc4)c3)n(CCCCN3CCCCCC3)c2c1.[HH]. The van der Waals surface area contributed by atoms with Crippen LogP contribution in [0, 0.1) is 11.8 Å². The van der Waals surface area contributed by atoms with E-state index in [1.54, 1.807) is 0 Å². The molecule has 3 aromatic carbocycles. The smallest absolute Gasteiger partial charge is 0.253 e. The molecular weight excluding hydrogens is 594 g/mol. The van der Waals surface area contributed by atoms with Crippen LogP contribution in [-0.2, 0) is 13.2 Å². The van der Waals surface area contributed by atoms with Crippen molar-refractivity contribution in [3.8, 4) is 5.75 Å². The highest BCUT2D eigenvalue weighted by Gasteiger charge is 2.20. The lowest BCUT2D eigenvalue weighted by Crippen LogP contribution is -2.34. The van der Waals surface area contributed by atoms with Crippen molar-refractivity contribution in [2.75, 3.05) is 38.0 Å². The fraction of sp³-hybridized carbons (Fsp3) is 0.512. The summed E-state index contributed by atoms with van der Waals surface area (Å²) in [7, 11) is 0. The average Bonchev–Trinajstić information content (AvgIpc) is 3.22. The highest BCUT2D eigenvalue weighted by molar-refractivity contribution is 5.98. The second-order valence-electron chi connectivity index (χ2n) is 14.3. The van der Waals surface area contributed by atoms with Crippen molar-refractivity contribution >= 4 is 28.6 Å². The second-order valence-corrected chi connectivity index (χ2v) is 14.3. The number of amides is 1. The van der Waals surface area contributed by atoms with Crippen molar-refractivity contribution in [3.05, 3.63) is 83.9 Å². The Morgan fingerprint density at radius 1 is 0.854 bits per heavy atom. The molecule has 7 heteroatoms. The standard InChI is InChI=1S/C41H57N5O2.H2/c1-32(2)21-27-45(28-22-33(3)4)40(47)35-19-20-38-39(29-35)46(26-13-12-25-44-23-10-5-6-11-24-44)41(43-38)42-36-17-14-18-37(30-36)48-31-34-15-8-7-9-16-34;/h7-9,14-20,29-30,32-33H,5-6,10-13,21-28,31H2,1-4H3,(H,42,43);1H. The summed E-state index contributed by atoms with van der Waals surface area (Å²) in [6.45, 7) is 15.4. The van der Waals surface area contributed by atoms with Crippen molar-refractivity contribution in [1.29, 1.82) is 0 Å². The minimum atomic E-state index is 0. The van der Waals surface area contributed by atoms with Gasteiger partial charge in [-0.2, -0.15) is 0 Å². The molecule has 0 unspecified atom stereocenters. The Labute approximate surface area is 290 Å². The molecule has 1 fully saturated rings. The Bertz CT molecular complexity index is 1550. The number of carbonyl (C=O) groups excluding carboxylic acids is 1. The minimum absolute atomic E-state index is 0. The quantitative estimate of drug-likeness (QED) is 0.115. The Morgan fingerprint density at radius 2 is 1.56 bits per heavy atom. The number of unbranched alkanes of at least 4 members (excludes halogenated alkanes) is 1. The van der Waals surface area contributed by atoms with Crippen LogP contribution in [0.2, 0.25) is 0 Å². The molecule has 5 rings (SSSR count). The van der Waals surface area contributed by atoms with Crippen LogP contribution in [0.1, 0.15) is 96.4 Å². The predicted octanol–water partition coefficient (Wildman–Crippen LogP) is 9.80. The molecule has 0 radical (unpaired) electrons. The first-order valence-electron chi connectivity index (χ1n) is 18.4. The summed E-state index contributed by atoms with van der Waals surface area (Å²) in [6.07, 6.45) is 9.54. The number of fused-ring (bicyclic) bond motifs is 1.